The van der Waals surface area contributed by atoms with Crippen molar-refractivity contribution in [2.75, 3.05) is 18.0 Å². The van der Waals surface area contributed by atoms with Crippen molar-refractivity contribution in [3.63, 3.8) is 0 Å². The van der Waals surface area contributed by atoms with Gasteiger partial charge in [-0.25, -0.2) is 4.39 Å². The smallest absolute Gasteiger partial charge is 0.146 e. The maximum atomic E-state index is 14.0. The summed E-state index contributed by atoms with van der Waals surface area (Å²) < 4.78 is 14.0. The highest BCUT2D eigenvalue weighted by Crippen LogP contribution is 2.45. The van der Waals surface area contributed by atoms with Gasteiger partial charge >= 0.3 is 0 Å². The molecule has 3 heteroatoms. The fourth-order valence-electron chi connectivity index (χ4n) is 3.49. The third kappa shape index (κ3) is 2.01. The van der Waals surface area contributed by atoms with Crippen LogP contribution in [0.5, 0.6) is 0 Å². The Morgan fingerprint density at radius 2 is 1.89 bits per heavy atom. The molecule has 1 aliphatic carbocycles. The average Bonchev–Trinajstić information content (AvgIpc) is 2.37. The van der Waals surface area contributed by atoms with Crippen molar-refractivity contribution in [2.24, 2.45) is 11.1 Å². The lowest BCUT2D eigenvalue weighted by molar-refractivity contribution is 0.138. The molecule has 2 N–H and O–H groups in total. The van der Waals surface area contributed by atoms with E-state index in [9.17, 15) is 4.39 Å². The van der Waals surface area contributed by atoms with Crippen LogP contribution in [0.3, 0.4) is 0 Å². The Balaban J connectivity index is 1.70. The summed E-state index contributed by atoms with van der Waals surface area (Å²) in [6.45, 7) is 2.47. The Labute approximate surface area is 108 Å². The molecule has 1 saturated heterocycles. The lowest BCUT2D eigenvalue weighted by atomic mass is 9.68. The predicted molar refractivity (Wildman–Crippen MR) is 72.0 cm³/mol. The fraction of sp³-hybridized carbons (Fsp3) is 0.600. The van der Waals surface area contributed by atoms with Crippen LogP contribution < -0.4 is 10.6 Å². The third-order valence-corrected chi connectivity index (χ3v) is 4.56. The topological polar surface area (TPSA) is 29.3 Å². The molecule has 1 spiro atoms. The highest BCUT2D eigenvalue weighted by molar-refractivity contribution is 5.52. The summed E-state index contributed by atoms with van der Waals surface area (Å²) >= 11 is 0. The summed E-state index contributed by atoms with van der Waals surface area (Å²) in [4.78, 5) is 2.18. The van der Waals surface area contributed by atoms with Crippen molar-refractivity contribution in [2.45, 2.75) is 38.6 Å². The summed E-state index contributed by atoms with van der Waals surface area (Å²) in [5.41, 5.74) is 7.64. The second-order valence-electron chi connectivity index (χ2n) is 5.91. The second-order valence-corrected chi connectivity index (χ2v) is 5.91. The van der Waals surface area contributed by atoms with Crippen molar-refractivity contribution in [1.82, 2.24) is 0 Å². The zero-order chi connectivity index (χ0) is 12.6. The highest BCUT2D eigenvalue weighted by atomic mass is 19.1. The molecule has 0 radical (unpaired) electrons. The van der Waals surface area contributed by atoms with Crippen LogP contribution in [0.1, 0.15) is 37.7 Å². The van der Waals surface area contributed by atoms with Crippen molar-refractivity contribution < 1.29 is 4.39 Å². The minimum Gasteiger partial charge on any atom is -0.368 e. The second kappa shape index (κ2) is 4.54. The Bertz CT molecular complexity index is 430. The van der Waals surface area contributed by atoms with Gasteiger partial charge in [-0.1, -0.05) is 25.3 Å². The SMILES string of the molecule is NCc1ccc(N2CC3(CCCCC3)C2)c(F)c1. The molecule has 98 valence electrons. The third-order valence-electron chi connectivity index (χ3n) is 4.56. The maximum absolute atomic E-state index is 14.0. The molecule has 2 aliphatic rings. The van der Waals surface area contributed by atoms with Crippen molar-refractivity contribution in [1.29, 1.82) is 0 Å². The first-order valence-corrected chi connectivity index (χ1v) is 6.96. The van der Waals surface area contributed by atoms with Gasteiger partial charge in [-0.2, -0.15) is 0 Å². The first-order valence-electron chi connectivity index (χ1n) is 6.96. The molecule has 2 nitrogen and oxygen atoms in total. The summed E-state index contributed by atoms with van der Waals surface area (Å²) in [7, 11) is 0. The lowest BCUT2D eigenvalue weighted by Crippen LogP contribution is -2.57. The van der Waals surface area contributed by atoms with Gasteiger partial charge in [0.15, 0.2) is 0 Å². The number of nitrogens with zero attached hydrogens (tertiary/aromatic N) is 1. The van der Waals surface area contributed by atoms with Crippen LogP contribution in [0.4, 0.5) is 10.1 Å². The van der Waals surface area contributed by atoms with Gasteiger partial charge in [0.2, 0.25) is 0 Å². The van der Waals surface area contributed by atoms with Gasteiger partial charge in [-0.3, -0.25) is 0 Å². The summed E-state index contributed by atoms with van der Waals surface area (Å²) in [6, 6.07) is 5.39. The van der Waals surface area contributed by atoms with Gasteiger partial charge in [0.05, 0.1) is 5.69 Å². The first-order chi connectivity index (χ1) is 8.72. The minimum absolute atomic E-state index is 0.122. The van der Waals surface area contributed by atoms with E-state index in [0.29, 0.717) is 12.0 Å². The molecule has 1 aromatic rings. The Hall–Kier alpha value is -1.09. The zero-order valence-electron chi connectivity index (χ0n) is 10.8. The van der Waals surface area contributed by atoms with Crippen LogP contribution >= 0.6 is 0 Å². The van der Waals surface area contributed by atoms with E-state index in [1.165, 1.54) is 32.1 Å². The van der Waals surface area contributed by atoms with E-state index in [4.69, 9.17) is 5.73 Å². The van der Waals surface area contributed by atoms with Crippen LogP contribution in [0.15, 0.2) is 18.2 Å². The minimum atomic E-state index is -0.122. The van der Waals surface area contributed by atoms with E-state index in [1.54, 1.807) is 6.07 Å². The molecule has 18 heavy (non-hydrogen) atoms. The van der Waals surface area contributed by atoms with Crippen molar-refractivity contribution >= 4 is 5.69 Å². The largest absolute Gasteiger partial charge is 0.368 e. The van der Waals surface area contributed by atoms with Gasteiger partial charge in [0.25, 0.3) is 0 Å². The molecule has 1 aromatic carbocycles. The van der Waals surface area contributed by atoms with Crippen molar-refractivity contribution in [3.8, 4) is 0 Å². The van der Waals surface area contributed by atoms with Gasteiger partial charge in [0.1, 0.15) is 5.82 Å². The van der Waals surface area contributed by atoms with E-state index < -0.39 is 0 Å². The first kappa shape index (κ1) is 12.0. The molecule has 1 heterocycles. The van der Waals surface area contributed by atoms with Gasteiger partial charge in [-0.15, -0.1) is 0 Å². The van der Waals surface area contributed by atoms with Crippen LogP contribution in [0.2, 0.25) is 0 Å². The van der Waals surface area contributed by atoms with Crippen LogP contribution in [0, 0.1) is 11.2 Å². The number of halogens is 1. The zero-order valence-corrected chi connectivity index (χ0v) is 10.8. The molecule has 0 amide bonds. The summed E-state index contributed by atoms with van der Waals surface area (Å²) in [6.07, 6.45) is 6.73. The molecule has 0 bridgehead atoms. The Kier molecular flexibility index (Phi) is 3.02. The Morgan fingerprint density at radius 3 is 2.50 bits per heavy atom. The number of anilines is 1. The summed E-state index contributed by atoms with van der Waals surface area (Å²) in [5, 5.41) is 0. The molecular formula is C15H21FN2. The number of rotatable bonds is 2. The standard InChI is InChI=1S/C15H21FN2/c16-13-8-12(9-17)4-5-14(13)18-10-15(11-18)6-2-1-3-7-15/h4-5,8H,1-3,6-7,9-11,17H2. The molecule has 3 rings (SSSR count). The van der Waals surface area contributed by atoms with Gasteiger partial charge in [-0.05, 0) is 30.5 Å². The predicted octanol–water partition coefficient (Wildman–Crippen LogP) is 3.05. The Morgan fingerprint density at radius 1 is 1.17 bits per heavy atom. The quantitative estimate of drug-likeness (QED) is 0.871. The normalized spacial score (nSPS) is 22.0. The van der Waals surface area contributed by atoms with E-state index in [2.05, 4.69) is 4.90 Å². The maximum Gasteiger partial charge on any atom is 0.146 e. The number of nitrogens with two attached hydrogens (primary N) is 1. The summed E-state index contributed by atoms with van der Waals surface area (Å²) in [5.74, 6) is -0.122. The molecule has 0 atom stereocenters. The molecule has 1 aliphatic heterocycles. The number of benzene rings is 1. The van der Waals surface area contributed by atoms with Gasteiger partial charge < -0.3 is 10.6 Å². The molecule has 2 fully saturated rings. The molecule has 0 aromatic heterocycles. The van der Waals surface area contributed by atoms with Crippen LogP contribution in [0.25, 0.3) is 0 Å². The lowest BCUT2D eigenvalue weighted by Gasteiger charge is -2.53. The highest BCUT2D eigenvalue weighted by Gasteiger charge is 2.43. The van der Waals surface area contributed by atoms with E-state index >= 15 is 0 Å². The van der Waals surface area contributed by atoms with Crippen molar-refractivity contribution in [3.05, 3.63) is 29.6 Å². The fourth-order valence-corrected chi connectivity index (χ4v) is 3.49. The number of hydrogen-bond acceptors (Lipinski definition) is 2. The monoisotopic (exact) mass is 248 g/mol. The van der Waals surface area contributed by atoms with Crippen LogP contribution in [-0.2, 0) is 6.54 Å². The van der Waals surface area contributed by atoms with E-state index in [-0.39, 0.29) is 5.82 Å². The molecule has 1 saturated carbocycles. The van der Waals surface area contributed by atoms with Gasteiger partial charge in [0, 0.05) is 25.0 Å². The molecule has 0 unspecified atom stereocenters. The number of hydrogen-bond donors (Lipinski definition) is 1. The van der Waals surface area contributed by atoms with Crippen LogP contribution in [-0.4, -0.2) is 13.1 Å². The molecular weight excluding hydrogens is 227 g/mol. The average molecular weight is 248 g/mol. The van der Waals surface area contributed by atoms with E-state index in [0.717, 1.165) is 24.3 Å². The van der Waals surface area contributed by atoms with E-state index in [1.807, 2.05) is 12.1 Å².